The summed E-state index contributed by atoms with van der Waals surface area (Å²) in [6.07, 6.45) is 2.50. The number of methoxy groups -OCH3 is 1. The van der Waals surface area contributed by atoms with Crippen LogP contribution in [0.4, 0.5) is 0 Å². The number of rotatable bonds is 5. The summed E-state index contributed by atoms with van der Waals surface area (Å²) >= 11 is 0. The van der Waals surface area contributed by atoms with Crippen molar-refractivity contribution in [3.63, 3.8) is 0 Å². The monoisotopic (exact) mass is 366 g/mol. The zero-order valence-corrected chi connectivity index (χ0v) is 15.9. The Morgan fingerprint density at radius 3 is 2.15 bits per heavy atom. The number of likely N-dealkylation sites (tertiary alicyclic amines) is 1. The van der Waals surface area contributed by atoms with Gasteiger partial charge in [-0.05, 0) is 61.2 Å². The van der Waals surface area contributed by atoms with Crippen molar-refractivity contribution in [3.05, 3.63) is 65.2 Å². The highest BCUT2D eigenvalue weighted by Crippen LogP contribution is 2.16. The van der Waals surface area contributed by atoms with E-state index in [2.05, 4.69) is 12.2 Å². The number of nitrogens with one attached hydrogen (secondary N) is 1. The summed E-state index contributed by atoms with van der Waals surface area (Å²) in [7, 11) is 1.60. The lowest BCUT2D eigenvalue weighted by Crippen LogP contribution is -2.46. The van der Waals surface area contributed by atoms with Gasteiger partial charge in [0.1, 0.15) is 5.75 Å². The fourth-order valence-corrected chi connectivity index (χ4v) is 3.30. The largest absolute Gasteiger partial charge is 0.497 e. The third kappa shape index (κ3) is 4.67. The van der Waals surface area contributed by atoms with Gasteiger partial charge >= 0.3 is 0 Å². The van der Waals surface area contributed by atoms with Crippen molar-refractivity contribution < 1.29 is 14.3 Å². The molecule has 1 saturated heterocycles. The van der Waals surface area contributed by atoms with Crippen LogP contribution in [0.15, 0.2) is 48.5 Å². The summed E-state index contributed by atoms with van der Waals surface area (Å²) in [5.74, 6) is 0.709. The molecular formula is C22H26N2O3. The Balaban J connectivity index is 1.51. The van der Waals surface area contributed by atoms with Crippen molar-refractivity contribution in [2.45, 2.75) is 32.2 Å². The molecule has 1 fully saturated rings. The molecule has 1 heterocycles. The van der Waals surface area contributed by atoms with Crippen molar-refractivity contribution in [2.24, 2.45) is 0 Å². The number of amides is 2. The highest BCUT2D eigenvalue weighted by Gasteiger charge is 2.24. The highest BCUT2D eigenvalue weighted by molar-refractivity contribution is 5.95. The normalized spacial score (nSPS) is 14.7. The van der Waals surface area contributed by atoms with Gasteiger partial charge in [0.15, 0.2) is 0 Å². The summed E-state index contributed by atoms with van der Waals surface area (Å²) in [6, 6.07) is 15.0. The number of nitrogens with zero attached hydrogens (tertiary/aromatic N) is 1. The van der Waals surface area contributed by atoms with Crippen LogP contribution in [0.25, 0.3) is 0 Å². The molecule has 142 valence electrons. The molecule has 0 spiro atoms. The van der Waals surface area contributed by atoms with Crippen molar-refractivity contribution in [1.82, 2.24) is 10.2 Å². The first-order chi connectivity index (χ1) is 13.1. The number of ether oxygens (including phenoxy) is 1. The molecule has 0 bridgehead atoms. The molecule has 2 aromatic rings. The van der Waals surface area contributed by atoms with Crippen LogP contribution in [0.3, 0.4) is 0 Å². The van der Waals surface area contributed by atoms with E-state index in [9.17, 15) is 9.59 Å². The second kappa shape index (κ2) is 8.71. The first-order valence-corrected chi connectivity index (χ1v) is 9.44. The maximum absolute atomic E-state index is 12.6. The number of aryl methyl sites for hydroxylation is 1. The lowest BCUT2D eigenvalue weighted by molar-refractivity contribution is 0.0698. The zero-order valence-electron chi connectivity index (χ0n) is 15.9. The van der Waals surface area contributed by atoms with Gasteiger partial charge in [0.2, 0.25) is 0 Å². The highest BCUT2D eigenvalue weighted by atomic mass is 16.5. The van der Waals surface area contributed by atoms with Gasteiger partial charge < -0.3 is 15.0 Å². The third-order valence-electron chi connectivity index (χ3n) is 5.08. The Hall–Kier alpha value is -2.82. The predicted molar refractivity (Wildman–Crippen MR) is 105 cm³/mol. The Morgan fingerprint density at radius 2 is 1.59 bits per heavy atom. The summed E-state index contributed by atoms with van der Waals surface area (Å²) in [5.41, 5.74) is 2.57. The van der Waals surface area contributed by atoms with Gasteiger partial charge in [-0.2, -0.15) is 0 Å². The Labute approximate surface area is 160 Å². The van der Waals surface area contributed by atoms with Crippen LogP contribution >= 0.6 is 0 Å². The maximum atomic E-state index is 12.6. The minimum Gasteiger partial charge on any atom is -0.497 e. The smallest absolute Gasteiger partial charge is 0.253 e. The second-order valence-corrected chi connectivity index (χ2v) is 6.82. The maximum Gasteiger partial charge on any atom is 0.253 e. The molecule has 0 aromatic heterocycles. The van der Waals surface area contributed by atoms with E-state index >= 15 is 0 Å². The lowest BCUT2D eigenvalue weighted by Gasteiger charge is -2.32. The van der Waals surface area contributed by atoms with Gasteiger partial charge in [-0.25, -0.2) is 0 Å². The van der Waals surface area contributed by atoms with Gasteiger partial charge in [-0.3, -0.25) is 9.59 Å². The molecule has 0 atom stereocenters. The standard InChI is InChI=1S/C22H26N2O3/c1-3-16-4-6-18(7-5-16)22(26)24-14-12-19(13-15-24)23-21(25)17-8-10-20(27-2)11-9-17/h4-11,19H,3,12-15H2,1-2H3,(H,23,25). The average molecular weight is 366 g/mol. The molecule has 1 aliphatic rings. The van der Waals surface area contributed by atoms with Crippen LogP contribution in [-0.4, -0.2) is 43.0 Å². The molecule has 0 radical (unpaired) electrons. The molecule has 3 rings (SSSR count). The molecule has 0 aliphatic carbocycles. The van der Waals surface area contributed by atoms with Gasteiger partial charge in [0, 0.05) is 30.3 Å². The molecule has 5 heteroatoms. The molecule has 2 aromatic carbocycles. The number of hydrogen-bond acceptors (Lipinski definition) is 3. The number of carbonyl (C=O) groups is 2. The fourth-order valence-electron chi connectivity index (χ4n) is 3.30. The molecule has 2 amide bonds. The first-order valence-electron chi connectivity index (χ1n) is 9.44. The summed E-state index contributed by atoms with van der Waals surface area (Å²) in [4.78, 5) is 26.9. The SMILES string of the molecule is CCc1ccc(C(=O)N2CCC(NC(=O)c3ccc(OC)cc3)CC2)cc1. The summed E-state index contributed by atoms with van der Waals surface area (Å²) < 4.78 is 5.11. The molecule has 27 heavy (non-hydrogen) atoms. The van der Waals surface area contributed by atoms with E-state index in [1.807, 2.05) is 29.2 Å². The minimum absolute atomic E-state index is 0.0672. The number of piperidine rings is 1. The van der Waals surface area contributed by atoms with Gasteiger partial charge in [0.05, 0.1) is 7.11 Å². The van der Waals surface area contributed by atoms with Crippen molar-refractivity contribution in [2.75, 3.05) is 20.2 Å². The van der Waals surface area contributed by atoms with Crippen molar-refractivity contribution in [3.8, 4) is 5.75 Å². The van der Waals surface area contributed by atoms with E-state index in [1.54, 1.807) is 31.4 Å². The van der Waals surface area contributed by atoms with Crippen LogP contribution in [0.5, 0.6) is 5.75 Å². The van der Waals surface area contributed by atoms with Crippen LogP contribution in [-0.2, 0) is 6.42 Å². The molecule has 0 unspecified atom stereocenters. The van der Waals surface area contributed by atoms with Gasteiger partial charge in [-0.15, -0.1) is 0 Å². The van der Waals surface area contributed by atoms with Crippen molar-refractivity contribution >= 4 is 11.8 Å². The molecule has 1 N–H and O–H groups in total. The number of carbonyl (C=O) groups excluding carboxylic acids is 2. The number of benzene rings is 2. The fraction of sp³-hybridized carbons (Fsp3) is 0.364. The molecule has 1 aliphatic heterocycles. The van der Waals surface area contributed by atoms with Crippen LogP contribution in [0.2, 0.25) is 0 Å². The predicted octanol–water partition coefficient (Wildman–Crippen LogP) is 3.29. The van der Waals surface area contributed by atoms with E-state index in [0.717, 1.165) is 30.6 Å². The Bertz CT molecular complexity index is 776. The van der Waals surface area contributed by atoms with E-state index in [1.165, 1.54) is 5.56 Å². The Morgan fingerprint density at radius 1 is 1.00 bits per heavy atom. The third-order valence-corrected chi connectivity index (χ3v) is 5.08. The van der Waals surface area contributed by atoms with Crippen LogP contribution in [0, 0.1) is 0 Å². The zero-order chi connectivity index (χ0) is 19.2. The average Bonchev–Trinajstić information content (AvgIpc) is 2.74. The van der Waals surface area contributed by atoms with Crippen LogP contribution < -0.4 is 10.1 Å². The second-order valence-electron chi connectivity index (χ2n) is 6.82. The van der Waals surface area contributed by atoms with E-state index in [4.69, 9.17) is 4.74 Å². The minimum atomic E-state index is -0.0856. The lowest BCUT2D eigenvalue weighted by atomic mass is 10.0. The van der Waals surface area contributed by atoms with E-state index < -0.39 is 0 Å². The van der Waals surface area contributed by atoms with Crippen LogP contribution in [0.1, 0.15) is 46.0 Å². The molecular weight excluding hydrogens is 340 g/mol. The van der Waals surface area contributed by atoms with Gasteiger partial charge in [0.25, 0.3) is 11.8 Å². The molecule has 0 saturated carbocycles. The van der Waals surface area contributed by atoms with Crippen molar-refractivity contribution in [1.29, 1.82) is 0 Å². The quantitative estimate of drug-likeness (QED) is 0.883. The van der Waals surface area contributed by atoms with E-state index in [-0.39, 0.29) is 17.9 Å². The van der Waals surface area contributed by atoms with Gasteiger partial charge in [-0.1, -0.05) is 19.1 Å². The number of hydrogen-bond donors (Lipinski definition) is 1. The topological polar surface area (TPSA) is 58.6 Å². The Kier molecular flexibility index (Phi) is 6.12. The first kappa shape index (κ1) is 19.0. The summed E-state index contributed by atoms with van der Waals surface area (Å²) in [5, 5.41) is 3.07. The van der Waals surface area contributed by atoms with E-state index in [0.29, 0.717) is 18.7 Å². The summed E-state index contributed by atoms with van der Waals surface area (Å²) in [6.45, 7) is 3.41. The molecule has 5 nitrogen and oxygen atoms in total.